The largest absolute Gasteiger partial charge is 0.466 e. The Morgan fingerprint density at radius 3 is 1.49 bits per heavy atom. The first kappa shape index (κ1) is 37.6. The van der Waals surface area contributed by atoms with E-state index in [0.29, 0.717) is 26.1 Å². The molecule has 9 heteroatoms. The van der Waals surface area contributed by atoms with Crippen LogP contribution in [0.2, 0.25) is 0 Å². The minimum absolute atomic E-state index is 0.209. The molecule has 0 aromatic carbocycles. The summed E-state index contributed by atoms with van der Waals surface area (Å²) in [5.74, 6) is -0.421. The van der Waals surface area contributed by atoms with Gasteiger partial charge in [0.2, 0.25) is 0 Å². The monoisotopic (exact) mass is 715 g/mol. The number of nitrogens with zero attached hydrogens (tertiary/aromatic N) is 2. The van der Waals surface area contributed by atoms with Gasteiger partial charge in [-0.15, -0.1) is 0 Å². The molecule has 0 radical (unpaired) electrons. The van der Waals surface area contributed by atoms with Crippen molar-refractivity contribution < 1.29 is 19.1 Å². The SMILES string of the molecule is CCOC(=O)CCc1c(C)c2cc3nc(c4[nH]c(cc5[nH]c(cc6nc(cc1[nH]2)C(C)=C6C)c(CCC(=O)OCC)c5C)c(C)c4CC)C(CC)=C3C. The van der Waals surface area contributed by atoms with Crippen LogP contribution in [0.25, 0.3) is 55.4 Å². The van der Waals surface area contributed by atoms with E-state index in [9.17, 15) is 9.59 Å². The van der Waals surface area contributed by atoms with E-state index in [2.05, 4.69) is 94.6 Å². The van der Waals surface area contributed by atoms with Gasteiger partial charge in [-0.1, -0.05) is 13.8 Å². The molecule has 10 bridgehead atoms. The number of carbonyl (C=O) groups excluding carboxylic acids is 2. The number of rotatable bonds is 10. The van der Waals surface area contributed by atoms with Crippen molar-refractivity contribution in [2.75, 3.05) is 13.2 Å². The number of H-pyrrole nitrogens is 3. The Morgan fingerprint density at radius 1 is 0.547 bits per heavy atom. The highest BCUT2D eigenvalue weighted by molar-refractivity contribution is 5.98. The van der Waals surface area contributed by atoms with E-state index in [1.165, 1.54) is 16.7 Å². The van der Waals surface area contributed by atoms with E-state index >= 15 is 0 Å². The Labute approximate surface area is 312 Å². The topological polar surface area (TPSA) is 126 Å². The van der Waals surface area contributed by atoms with Gasteiger partial charge >= 0.3 is 11.9 Å². The Kier molecular flexibility index (Phi) is 10.9. The van der Waals surface area contributed by atoms with Crippen LogP contribution >= 0.6 is 0 Å². The highest BCUT2D eigenvalue weighted by Gasteiger charge is 2.22. The molecule has 4 aromatic rings. The maximum Gasteiger partial charge on any atom is 0.306 e. The van der Waals surface area contributed by atoms with Gasteiger partial charge in [-0.05, 0) is 161 Å². The van der Waals surface area contributed by atoms with Crippen molar-refractivity contribution in [1.82, 2.24) is 24.9 Å². The molecule has 4 aromatic heterocycles. The number of carbonyl (C=O) groups is 2. The summed E-state index contributed by atoms with van der Waals surface area (Å²) in [5.41, 5.74) is 20.8. The summed E-state index contributed by atoms with van der Waals surface area (Å²) >= 11 is 0. The second kappa shape index (κ2) is 15.4. The van der Waals surface area contributed by atoms with Crippen LogP contribution < -0.4 is 0 Å². The van der Waals surface area contributed by atoms with Gasteiger partial charge in [0.15, 0.2) is 0 Å². The fourth-order valence-electron chi connectivity index (χ4n) is 7.80. The second-order valence-electron chi connectivity index (χ2n) is 14.1. The molecular formula is C44H53N5O4. The predicted molar refractivity (Wildman–Crippen MR) is 216 cm³/mol. The molecule has 0 fully saturated rings. The molecule has 0 aliphatic carbocycles. The van der Waals surface area contributed by atoms with Crippen molar-refractivity contribution in [3.05, 3.63) is 80.4 Å². The van der Waals surface area contributed by atoms with Gasteiger partial charge in [0.25, 0.3) is 0 Å². The molecule has 3 N–H and O–H groups in total. The smallest absolute Gasteiger partial charge is 0.306 e. The number of aromatic amines is 3. The van der Waals surface area contributed by atoms with Crippen LogP contribution in [0, 0.1) is 20.8 Å². The standard InChI is InChI=1S/C44H53N5O4/c1-11-29-25(7)37-19-35-27(9)31(15-17-41(50)52-13-3)39(46-35)21-33-23(5)24(6)34(45-33)22-40-32(16-18-42(51)53-14-4)28(10)36(47-40)20-38-26(8)30(12-2)44(49-38)43(29)48-37/h19-22,46-48H,11-18H2,1-10H3. The van der Waals surface area contributed by atoms with Crippen LogP contribution in [-0.4, -0.2) is 50.1 Å². The number of allylic oxidation sites excluding steroid dienone is 4. The Morgan fingerprint density at radius 2 is 1.00 bits per heavy atom. The lowest BCUT2D eigenvalue weighted by Gasteiger charge is -2.03. The van der Waals surface area contributed by atoms with Gasteiger partial charge in [-0.2, -0.15) is 0 Å². The summed E-state index contributed by atoms with van der Waals surface area (Å²) in [6.07, 6.45) is 3.34. The minimum Gasteiger partial charge on any atom is -0.466 e. The number of nitrogens with one attached hydrogen (secondary N) is 3. The van der Waals surface area contributed by atoms with Crippen LogP contribution in [0.4, 0.5) is 0 Å². The molecule has 278 valence electrons. The first-order valence-electron chi connectivity index (χ1n) is 19.0. The molecule has 2 aliphatic rings. The number of ether oxygens (including phenoxy) is 2. The van der Waals surface area contributed by atoms with Crippen molar-refractivity contribution >= 4 is 67.3 Å². The number of hydrogen-bond acceptors (Lipinski definition) is 6. The van der Waals surface area contributed by atoms with E-state index in [0.717, 1.165) is 108 Å². The van der Waals surface area contributed by atoms with E-state index in [-0.39, 0.29) is 24.8 Å². The Bertz CT molecular complexity index is 2400. The van der Waals surface area contributed by atoms with Crippen LogP contribution in [0.5, 0.6) is 0 Å². The van der Waals surface area contributed by atoms with Crippen molar-refractivity contribution in [2.24, 2.45) is 0 Å². The van der Waals surface area contributed by atoms with Crippen LogP contribution in [-0.2, 0) is 38.3 Å². The van der Waals surface area contributed by atoms with Gasteiger partial charge in [-0.25, -0.2) is 9.97 Å². The van der Waals surface area contributed by atoms with E-state index in [4.69, 9.17) is 19.4 Å². The van der Waals surface area contributed by atoms with Crippen molar-refractivity contribution in [2.45, 2.75) is 108 Å². The van der Waals surface area contributed by atoms with Gasteiger partial charge in [0.05, 0.1) is 41.5 Å². The average Bonchev–Trinajstić information content (AvgIpc) is 3.86. The first-order valence-corrected chi connectivity index (χ1v) is 19.0. The summed E-state index contributed by atoms with van der Waals surface area (Å²) in [6, 6.07) is 8.55. The molecule has 9 nitrogen and oxygen atoms in total. The summed E-state index contributed by atoms with van der Waals surface area (Å²) < 4.78 is 10.6. The van der Waals surface area contributed by atoms with E-state index < -0.39 is 0 Å². The molecular weight excluding hydrogens is 663 g/mol. The van der Waals surface area contributed by atoms with Gasteiger partial charge in [0.1, 0.15) is 0 Å². The van der Waals surface area contributed by atoms with Crippen molar-refractivity contribution in [1.29, 1.82) is 0 Å². The predicted octanol–water partition coefficient (Wildman–Crippen LogP) is 10.1. The summed E-state index contributed by atoms with van der Waals surface area (Å²) in [5, 5.41) is 0. The maximum atomic E-state index is 12.5. The minimum atomic E-state index is -0.212. The maximum absolute atomic E-state index is 12.5. The number of aromatic nitrogens is 5. The van der Waals surface area contributed by atoms with Crippen LogP contribution in [0.3, 0.4) is 0 Å². The summed E-state index contributed by atoms with van der Waals surface area (Å²) in [4.78, 5) is 46.8. The zero-order chi connectivity index (χ0) is 38.1. The number of fused-ring (bicyclic) bond motifs is 11. The first-order chi connectivity index (χ1) is 25.4. The lowest BCUT2D eigenvalue weighted by Crippen LogP contribution is -2.05. The molecule has 0 saturated carbocycles. The Hall–Kier alpha value is -5.18. The summed E-state index contributed by atoms with van der Waals surface area (Å²) in [6.45, 7) is 21.5. The third-order valence-electron chi connectivity index (χ3n) is 11.1. The molecule has 0 amide bonds. The van der Waals surface area contributed by atoms with E-state index in [1.54, 1.807) is 0 Å². The van der Waals surface area contributed by atoms with Crippen LogP contribution in [0.1, 0.15) is 124 Å². The van der Waals surface area contributed by atoms with Gasteiger partial charge in [0, 0.05) is 40.4 Å². The van der Waals surface area contributed by atoms with Gasteiger partial charge in [-0.3, -0.25) is 9.59 Å². The fourth-order valence-corrected chi connectivity index (χ4v) is 7.80. The normalized spacial score (nSPS) is 12.9. The molecule has 6 rings (SSSR count). The van der Waals surface area contributed by atoms with Gasteiger partial charge < -0.3 is 24.4 Å². The highest BCUT2D eigenvalue weighted by Crippen LogP contribution is 2.38. The number of aryl methyl sites for hydroxylation is 6. The zero-order valence-electron chi connectivity index (χ0n) is 33.0. The molecule has 53 heavy (non-hydrogen) atoms. The quantitative estimate of drug-likeness (QED) is 0.140. The van der Waals surface area contributed by atoms with Crippen molar-refractivity contribution in [3.63, 3.8) is 0 Å². The molecule has 0 spiro atoms. The van der Waals surface area contributed by atoms with Crippen molar-refractivity contribution in [3.8, 4) is 0 Å². The second-order valence-corrected chi connectivity index (χ2v) is 14.1. The number of hydrogen-bond donors (Lipinski definition) is 3. The molecule has 6 heterocycles. The summed E-state index contributed by atoms with van der Waals surface area (Å²) in [7, 11) is 0. The third kappa shape index (κ3) is 7.13. The van der Waals surface area contributed by atoms with E-state index in [1.807, 2.05) is 13.8 Å². The third-order valence-corrected chi connectivity index (χ3v) is 11.1. The molecule has 0 atom stereocenters. The molecule has 2 aliphatic heterocycles. The highest BCUT2D eigenvalue weighted by atomic mass is 16.5. The molecule has 0 unspecified atom stereocenters. The average molecular weight is 716 g/mol. The van der Waals surface area contributed by atoms with Crippen LogP contribution in [0.15, 0.2) is 24.3 Å². The lowest BCUT2D eigenvalue weighted by molar-refractivity contribution is -0.144. The lowest BCUT2D eigenvalue weighted by atomic mass is 10.0. The number of esters is 2. The Balaban J connectivity index is 1.74. The fraction of sp³-hybridized carbons (Fsp3) is 0.409. The molecule has 0 saturated heterocycles. The zero-order valence-corrected chi connectivity index (χ0v) is 33.0.